The lowest BCUT2D eigenvalue weighted by molar-refractivity contribution is -0.914. The molecule has 3 heteroatoms. The Morgan fingerprint density at radius 1 is 0.840 bits per heavy atom. The Hall–Kier alpha value is -2.52. The topological polar surface area (TPSA) is 16.9 Å². The molecule has 1 saturated heterocycles. The van der Waals surface area contributed by atoms with Gasteiger partial charge < -0.3 is 14.5 Å². The second kappa shape index (κ2) is 7.16. The van der Waals surface area contributed by atoms with E-state index < -0.39 is 0 Å². The molecule has 0 radical (unpaired) electrons. The van der Waals surface area contributed by atoms with Crippen LogP contribution in [0.5, 0.6) is 5.75 Å². The largest absolute Gasteiger partial charge is 0.496 e. The van der Waals surface area contributed by atoms with Crippen molar-refractivity contribution in [2.75, 3.05) is 38.2 Å². The quantitative estimate of drug-likeness (QED) is 0.791. The Labute approximate surface area is 149 Å². The van der Waals surface area contributed by atoms with Crippen LogP contribution < -0.4 is 14.5 Å². The molecule has 1 aliphatic heterocycles. The van der Waals surface area contributed by atoms with Crippen LogP contribution in [-0.4, -0.2) is 33.3 Å². The summed E-state index contributed by atoms with van der Waals surface area (Å²) in [5.74, 6) is 0.961. The Kier molecular flexibility index (Phi) is 4.57. The van der Waals surface area contributed by atoms with E-state index in [2.05, 4.69) is 71.6 Å². The summed E-state index contributed by atoms with van der Waals surface area (Å²) >= 11 is 0. The zero-order chi connectivity index (χ0) is 17.1. The molecular weight excluding hydrogens is 308 g/mol. The van der Waals surface area contributed by atoms with Crippen molar-refractivity contribution in [3.05, 3.63) is 72.3 Å². The first-order valence-electron chi connectivity index (χ1n) is 9.03. The first-order valence-corrected chi connectivity index (χ1v) is 9.03. The lowest BCUT2D eigenvalue weighted by Crippen LogP contribution is -3.13. The molecule has 1 aliphatic rings. The zero-order valence-corrected chi connectivity index (χ0v) is 14.7. The van der Waals surface area contributed by atoms with Gasteiger partial charge in [0.1, 0.15) is 12.3 Å². The van der Waals surface area contributed by atoms with Crippen molar-refractivity contribution in [1.29, 1.82) is 0 Å². The molecule has 128 valence electrons. The van der Waals surface area contributed by atoms with E-state index in [1.807, 2.05) is 0 Å². The van der Waals surface area contributed by atoms with Gasteiger partial charge in [0.2, 0.25) is 0 Å². The number of hydrogen-bond donors (Lipinski definition) is 1. The standard InChI is InChI=1S/C22H24N2O/c1-25-22-12-11-18(20-9-5-6-10-21(20)22)17-23-13-15-24(16-14-23)19-7-3-2-4-8-19/h2-12H,13-17H2,1H3/p+1. The molecule has 1 fully saturated rings. The van der Waals surface area contributed by atoms with E-state index in [-0.39, 0.29) is 0 Å². The molecule has 4 rings (SSSR count). The summed E-state index contributed by atoms with van der Waals surface area (Å²) in [5.41, 5.74) is 2.76. The summed E-state index contributed by atoms with van der Waals surface area (Å²) in [7, 11) is 1.75. The van der Waals surface area contributed by atoms with E-state index >= 15 is 0 Å². The van der Waals surface area contributed by atoms with Crippen LogP contribution in [0.3, 0.4) is 0 Å². The van der Waals surface area contributed by atoms with Gasteiger partial charge in [0.05, 0.1) is 33.3 Å². The predicted molar refractivity (Wildman–Crippen MR) is 104 cm³/mol. The van der Waals surface area contributed by atoms with Gasteiger partial charge in [0.25, 0.3) is 0 Å². The smallest absolute Gasteiger partial charge is 0.126 e. The van der Waals surface area contributed by atoms with Gasteiger partial charge >= 0.3 is 0 Å². The average molecular weight is 333 g/mol. The normalized spacial score (nSPS) is 15.5. The third-order valence-electron chi connectivity index (χ3n) is 5.23. The molecule has 0 saturated carbocycles. The van der Waals surface area contributed by atoms with Crippen molar-refractivity contribution >= 4 is 16.5 Å². The molecule has 0 bridgehead atoms. The summed E-state index contributed by atoms with van der Waals surface area (Å²) in [6.07, 6.45) is 0. The fourth-order valence-corrected chi connectivity index (χ4v) is 3.83. The zero-order valence-electron chi connectivity index (χ0n) is 14.7. The Balaban J connectivity index is 1.48. The van der Waals surface area contributed by atoms with Crippen LogP contribution in [-0.2, 0) is 6.54 Å². The molecule has 3 aromatic rings. The third kappa shape index (κ3) is 3.33. The second-order valence-electron chi connectivity index (χ2n) is 6.72. The van der Waals surface area contributed by atoms with Gasteiger partial charge in [0, 0.05) is 16.6 Å². The van der Waals surface area contributed by atoms with Crippen molar-refractivity contribution in [2.45, 2.75) is 6.54 Å². The van der Waals surface area contributed by atoms with Gasteiger partial charge in [-0.15, -0.1) is 0 Å². The van der Waals surface area contributed by atoms with E-state index in [0.717, 1.165) is 25.4 Å². The number of methoxy groups -OCH3 is 1. The molecule has 3 aromatic carbocycles. The van der Waals surface area contributed by atoms with E-state index in [4.69, 9.17) is 4.74 Å². The van der Waals surface area contributed by atoms with Gasteiger partial charge in [-0.05, 0) is 29.7 Å². The Bertz CT molecular complexity index is 839. The second-order valence-corrected chi connectivity index (χ2v) is 6.72. The number of piperazine rings is 1. The maximum absolute atomic E-state index is 5.52. The van der Waals surface area contributed by atoms with E-state index in [0.29, 0.717) is 0 Å². The van der Waals surface area contributed by atoms with Crippen molar-refractivity contribution < 1.29 is 9.64 Å². The van der Waals surface area contributed by atoms with Gasteiger partial charge in [-0.2, -0.15) is 0 Å². The van der Waals surface area contributed by atoms with E-state index in [1.165, 1.54) is 35.1 Å². The number of ether oxygens (including phenoxy) is 1. The van der Waals surface area contributed by atoms with Crippen LogP contribution in [0.2, 0.25) is 0 Å². The molecule has 0 spiro atoms. The molecule has 0 amide bonds. The number of hydrogen-bond acceptors (Lipinski definition) is 2. The average Bonchev–Trinajstić information content (AvgIpc) is 2.69. The fraction of sp³-hybridized carbons (Fsp3) is 0.273. The highest BCUT2D eigenvalue weighted by Crippen LogP contribution is 2.28. The molecular formula is C22H25N2O+. The molecule has 0 aliphatic carbocycles. The van der Waals surface area contributed by atoms with Gasteiger partial charge in [-0.3, -0.25) is 0 Å². The molecule has 1 N–H and O–H groups in total. The highest BCUT2D eigenvalue weighted by Gasteiger charge is 2.21. The summed E-state index contributed by atoms with van der Waals surface area (Å²) in [4.78, 5) is 4.15. The van der Waals surface area contributed by atoms with Crippen molar-refractivity contribution in [2.24, 2.45) is 0 Å². The predicted octanol–water partition coefficient (Wildman–Crippen LogP) is 2.75. The molecule has 0 unspecified atom stereocenters. The lowest BCUT2D eigenvalue weighted by Gasteiger charge is -2.33. The van der Waals surface area contributed by atoms with Gasteiger partial charge in [0.15, 0.2) is 0 Å². The molecule has 0 aromatic heterocycles. The summed E-state index contributed by atoms with van der Waals surface area (Å²) in [6, 6.07) is 23.7. The summed E-state index contributed by atoms with van der Waals surface area (Å²) in [5, 5.41) is 2.53. The molecule has 0 atom stereocenters. The Morgan fingerprint density at radius 3 is 2.24 bits per heavy atom. The van der Waals surface area contributed by atoms with Crippen LogP contribution in [0.25, 0.3) is 10.8 Å². The van der Waals surface area contributed by atoms with Crippen molar-refractivity contribution in [3.63, 3.8) is 0 Å². The monoisotopic (exact) mass is 333 g/mol. The molecule has 25 heavy (non-hydrogen) atoms. The summed E-state index contributed by atoms with van der Waals surface area (Å²) in [6.45, 7) is 5.67. The van der Waals surface area contributed by atoms with Crippen molar-refractivity contribution in [3.8, 4) is 5.75 Å². The number of benzene rings is 3. The highest BCUT2D eigenvalue weighted by molar-refractivity contribution is 5.90. The Morgan fingerprint density at radius 2 is 1.52 bits per heavy atom. The number of rotatable bonds is 4. The minimum Gasteiger partial charge on any atom is -0.496 e. The van der Waals surface area contributed by atoms with Gasteiger partial charge in [-0.25, -0.2) is 0 Å². The third-order valence-corrected chi connectivity index (χ3v) is 5.23. The maximum Gasteiger partial charge on any atom is 0.126 e. The van der Waals surface area contributed by atoms with Crippen LogP contribution in [0.15, 0.2) is 66.7 Å². The number of quaternary nitrogens is 1. The van der Waals surface area contributed by atoms with Gasteiger partial charge in [-0.1, -0.05) is 42.5 Å². The first kappa shape index (κ1) is 16.0. The number of fused-ring (bicyclic) bond motifs is 1. The van der Waals surface area contributed by atoms with E-state index in [1.54, 1.807) is 12.0 Å². The number of para-hydroxylation sites is 1. The summed E-state index contributed by atoms with van der Waals surface area (Å²) < 4.78 is 5.52. The van der Waals surface area contributed by atoms with Crippen LogP contribution in [0, 0.1) is 0 Å². The minimum absolute atomic E-state index is 0.961. The minimum atomic E-state index is 0.961. The number of anilines is 1. The maximum atomic E-state index is 5.52. The SMILES string of the molecule is COc1ccc(C[NH+]2CCN(c3ccccc3)CC2)c2ccccc12. The van der Waals surface area contributed by atoms with Crippen molar-refractivity contribution in [1.82, 2.24) is 0 Å². The molecule has 3 nitrogen and oxygen atoms in total. The number of nitrogens with one attached hydrogen (secondary N) is 1. The first-order chi connectivity index (χ1) is 12.3. The fourth-order valence-electron chi connectivity index (χ4n) is 3.83. The van der Waals surface area contributed by atoms with Crippen LogP contribution >= 0.6 is 0 Å². The van der Waals surface area contributed by atoms with E-state index in [9.17, 15) is 0 Å². The number of nitrogens with zero attached hydrogens (tertiary/aromatic N) is 1. The highest BCUT2D eigenvalue weighted by atomic mass is 16.5. The van der Waals surface area contributed by atoms with Crippen LogP contribution in [0.4, 0.5) is 5.69 Å². The van der Waals surface area contributed by atoms with Crippen LogP contribution in [0.1, 0.15) is 5.56 Å². The molecule has 1 heterocycles. The lowest BCUT2D eigenvalue weighted by atomic mass is 10.0.